The highest BCUT2D eigenvalue weighted by atomic mass is 32.2. The fourth-order valence-electron chi connectivity index (χ4n) is 2.59. The zero-order valence-electron chi connectivity index (χ0n) is 11.9. The first-order chi connectivity index (χ1) is 10.8. The Balaban J connectivity index is 1.57. The molecule has 2 aromatic heterocycles. The molecule has 0 fully saturated rings. The molecule has 0 bridgehead atoms. The van der Waals surface area contributed by atoms with E-state index in [4.69, 9.17) is 4.74 Å². The molecule has 0 saturated carbocycles. The van der Waals surface area contributed by atoms with Crippen LogP contribution in [0.25, 0.3) is 11.0 Å². The van der Waals surface area contributed by atoms with Crippen molar-refractivity contribution in [2.75, 3.05) is 6.61 Å². The van der Waals surface area contributed by atoms with Crippen molar-refractivity contribution in [3.63, 3.8) is 0 Å². The number of nitrogens with zero attached hydrogens (tertiary/aromatic N) is 2. The molecule has 3 aromatic rings. The molecule has 0 radical (unpaired) electrons. The fraction of sp³-hybridized carbons (Fsp3) is 0.250. The highest BCUT2D eigenvalue weighted by Gasteiger charge is 2.19. The molecule has 0 amide bonds. The Hall–Kier alpha value is -2.05. The quantitative estimate of drug-likeness (QED) is 0.754. The van der Waals surface area contributed by atoms with E-state index in [1.807, 2.05) is 36.5 Å². The number of benzene rings is 1. The molecule has 1 atom stereocenters. The lowest BCUT2D eigenvalue weighted by Gasteiger charge is -2.17. The molecule has 0 saturated heterocycles. The largest absolute Gasteiger partial charge is 0.609 e. The van der Waals surface area contributed by atoms with Crippen LogP contribution >= 0.6 is 0 Å². The van der Waals surface area contributed by atoms with E-state index in [9.17, 15) is 4.55 Å². The number of H-pyrrole nitrogens is 1. The Morgan fingerprint density at radius 1 is 1.32 bits per heavy atom. The zero-order valence-corrected chi connectivity index (χ0v) is 12.7. The minimum Gasteiger partial charge on any atom is -0.609 e. The summed E-state index contributed by atoms with van der Waals surface area (Å²) in [7, 11) is 0. The Labute approximate surface area is 130 Å². The number of nitrogens with one attached hydrogen (secondary N) is 1. The van der Waals surface area contributed by atoms with Gasteiger partial charge in [0.25, 0.3) is 0 Å². The van der Waals surface area contributed by atoms with Crippen molar-refractivity contribution in [2.24, 2.45) is 0 Å². The molecule has 6 heteroatoms. The van der Waals surface area contributed by atoms with E-state index in [0.717, 1.165) is 47.5 Å². The van der Waals surface area contributed by atoms with Gasteiger partial charge in [0.05, 0.1) is 23.3 Å². The third kappa shape index (κ3) is 2.55. The summed E-state index contributed by atoms with van der Waals surface area (Å²) in [5.74, 6) is 1.20. The number of ether oxygens (including phenoxy) is 1. The van der Waals surface area contributed by atoms with Crippen LogP contribution in [0.2, 0.25) is 0 Å². The molecule has 1 aliphatic rings. The maximum absolute atomic E-state index is 12.5. The Morgan fingerprint density at radius 2 is 2.23 bits per heavy atom. The van der Waals surface area contributed by atoms with Crippen LogP contribution < -0.4 is 4.74 Å². The van der Waals surface area contributed by atoms with Gasteiger partial charge in [-0.05, 0) is 25.0 Å². The SMILES string of the molecule is [O-][S+](Cc1cc2c(cn1)CCCO2)c1nc2ccccc2[nH]1. The fourth-order valence-corrected chi connectivity index (χ4v) is 3.58. The summed E-state index contributed by atoms with van der Waals surface area (Å²) in [6.45, 7) is 0.739. The van der Waals surface area contributed by atoms with Crippen LogP contribution in [0, 0.1) is 0 Å². The van der Waals surface area contributed by atoms with Gasteiger partial charge < -0.3 is 9.29 Å². The molecule has 0 spiro atoms. The van der Waals surface area contributed by atoms with E-state index >= 15 is 0 Å². The Kier molecular flexibility index (Phi) is 3.48. The number of aryl methyl sites for hydroxylation is 1. The van der Waals surface area contributed by atoms with Crippen molar-refractivity contribution in [1.82, 2.24) is 15.0 Å². The molecule has 4 rings (SSSR count). The van der Waals surface area contributed by atoms with Gasteiger partial charge in [-0.25, -0.2) is 0 Å². The highest BCUT2D eigenvalue weighted by Crippen LogP contribution is 2.26. The summed E-state index contributed by atoms with van der Waals surface area (Å²) < 4.78 is 18.1. The summed E-state index contributed by atoms with van der Waals surface area (Å²) in [5.41, 5.74) is 3.61. The second-order valence-corrected chi connectivity index (χ2v) is 6.65. The number of rotatable bonds is 3. The summed E-state index contributed by atoms with van der Waals surface area (Å²) >= 11 is -1.25. The van der Waals surface area contributed by atoms with Gasteiger partial charge >= 0.3 is 5.16 Å². The number of aromatic nitrogens is 3. The number of para-hydroxylation sites is 2. The predicted molar refractivity (Wildman–Crippen MR) is 84.3 cm³/mol. The van der Waals surface area contributed by atoms with E-state index in [2.05, 4.69) is 15.0 Å². The van der Waals surface area contributed by atoms with Gasteiger partial charge in [0, 0.05) is 29.0 Å². The van der Waals surface area contributed by atoms with Crippen molar-refractivity contribution in [3.05, 3.63) is 47.8 Å². The highest BCUT2D eigenvalue weighted by molar-refractivity contribution is 7.90. The van der Waals surface area contributed by atoms with Crippen LogP contribution in [-0.2, 0) is 23.3 Å². The van der Waals surface area contributed by atoms with Crippen LogP contribution in [0.1, 0.15) is 17.7 Å². The maximum atomic E-state index is 12.5. The number of imidazole rings is 1. The van der Waals surface area contributed by atoms with Crippen LogP contribution in [-0.4, -0.2) is 26.1 Å². The van der Waals surface area contributed by atoms with Crippen molar-refractivity contribution >= 4 is 22.2 Å². The average Bonchev–Trinajstić information content (AvgIpc) is 2.99. The Bertz CT molecular complexity index is 785. The minimum absolute atomic E-state index is 0.330. The summed E-state index contributed by atoms with van der Waals surface area (Å²) in [4.78, 5) is 11.9. The maximum Gasteiger partial charge on any atom is 0.322 e. The summed E-state index contributed by atoms with van der Waals surface area (Å²) in [6.07, 6.45) is 3.86. The molecule has 112 valence electrons. The van der Waals surface area contributed by atoms with Gasteiger partial charge in [-0.2, -0.15) is 4.98 Å². The van der Waals surface area contributed by atoms with Gasteiger partial charge in [-0.15, -0.1) is 0 Å². The first-order valence-electron chi connectivity index (χ1n) is 7.23. The van der Waals surface area contributed by atoms with Crippen molar-refractivity contribution in [3.8, 4) is 5.75 Å². The third-order valence-electron chi connectivity index (χ3n) is 3.71. The predicted octanol–water partition coefficient (Wildman–Crippen LogP) is 2.59. The van der Waals surface area contributed by atoms with Crippen LogP contribution in [0.5, 0.6) is 5.75 Å². The zero-order chi connectivity index (χ0) is 14.9. The second kappa shape index (κ2) is 5.62. The standard InChI is InChI=1S/C16H15N3O2S/c20-22(16-18-13-5-1-2-6-14(13)19-16)10-12-8-15-11(9-17-12)4-3-7-21-15/h1-2,5-6,8-9H,3-4,7,10H2,(H,18,19). The number of hydrogen-bond donors (Lipinski definition) is 1. The lowest BCUT2D eigenvalue weighted by Crippen LogP contribution is -2.12. The molecule has 5 nitrogen and oxygen atoms in total. The number of pyridine rings is 1. The minimum atomic E-state index is -1.25. The molecule has 0 aliphatic carbocycles. The van der Waals surface area contributed by atoms with Gasteiger partial charge in [0.2, 0.25) is 0 Å². The van der Waals surface area contributed by atoms with Gasteiger partial charge in [-0.1, -0.05) is 12.1 Å². The van der Waals surface area contributed by atoms with Gasteiger partial charge in [0.15, 0.2) is 5.75 Å². The Morgan fingerprint density at radius 3 is 3.14 bits per heavy atom. The lowest BCUT2D eigenvalue weighted by atomic mass is 10.1. The molecule has 3 heterocycles. The third-order valence-corrected chi connectivity index (χ3v) is 4.89. The monoisotopic (exact) mass is 313 g/mol. The molecular weight excluding hydrogens is 298 g/mol. The second-order valence-electron chi connectivity index (χ2n) is 5.28. The van der Waals surface area contributed by atoms with Crippen molar-refractivity contribution in [2.45, 2.75) is 23.8 Å². The van der Waals surface area contributed by atoms with E-state index in [0.29, 0.717) is 10.9 Å². The van der Waals surface area contributed by atoms with Crippen LogP contribution in [0.3, 0.4) is 0 Å². The molecule has 1 aromatic carbocycles. The number of fused-ring (bicyclic) bond motifs is 2. The number of aromatic amines is 1. The van der Waals surface area contributed by atoms with Crippen LogP contribution in [0.15, 0.2) is 41.7 Å². The van der Waals surface area contributed by atoms with Crippen molar-refractivity contribution in [1.29, 1.82) is 0 Å². The average molecular weight is 313 g/mol. The smallest absolute Gasteiger partial charge is 0.322 e. The summed E-state index contributed by atoms with van der Waals surface area (Å²) in [5, 5.41) is 0.488. The molecular formula is C16H15N3O2S. The first-order valence-corrected chi connectivity index (χ1v) is 8.55. The molecule has 1 unspecified atom stereocenters. The van der Waals surface area contributed by atoms with Crippen LogP contribution in [0.4, 0.5) is 0 Å². The first kappa shape index (κ1) is 13.6. The van der Waals surface area contributed by atoms with Gasteiger partial charge in [-0.3, -0.25) is 9.97 Å². The van der Waals surface area contributed by atoms with E-state index in [1.165, 1.54) is 0 Å². The number of hydrogen-bond acceptors (Lipinski definition) is 4. The van der Waals surface area contributed by atoms with E-state index in [-0.39, 0.29) is 0 Å². The summed E-state index contributed by atoms with van der Waals surface area (Å²) in [6, 6.07) is 9.56. The lowest BCUT2D eigenvalue weighted by molar-refractivity contribution is 0.287. The molecule has 22 heavy (non-hydrogen) atoms. The van der Waals surface area contributed by atoms with Gasteiger partial charge in [0.1, 0.15) is 5.75 Å². The topological polar surface area (TPSA) is 73.9 Å². The molecule has 1 N–H and O–H groups in total. The van der Waals surface area contributed by atoms with Crippen molar-refractivity contribution < 1.29 is 9.29 Å². The van der Waals surface area contributed by atoms with E-state index < -0.39 is 11.2 Å². The normalized spacial score (nSPS) is 15.3. The van der Waals surface area contributed by atoms with E-state index in [1.54, 1.807) is 0 Å². The molecule has 1 aliphatic heterocycles.